The summed E-state index contributed by atoms with van der Waals surface area (Å²) in [5, 5.41) is 0. The Hall–Kier alpha value is -0.790. The number of fused-ring (bicyclic) bond motifs is 2. The largest absolute Gasteiger partial charge is 0.458 e. The molecule has 0 aromatic carbocycles. The molecule has 94 valence electrons. The van der Waals surface area contributed by atoms with E-state index in [0.717, 1.165) is 36.2 Å². The summed E-state index contributed by atoms with van der Waals surface area (Å²) in [4.78, 5) is 11.6. The molecule has 3 fully saturated rings. The van der Waals surface area contributed by atoms with Gasteiger partial charge in [-0.1, -0.05) is 26.8 Å². The third-order valence-corrected chi connectivity index (χ3v) is 5.51. The minimum Gasteiger partial charge on any atom is -0.458 e. The summed E-state index contributed by atoms with van der Waals surface area (Å²) < 4.78 is 5.49. The van der Waals surface area contributed by atoms with Crippen molar-refractivity contribution in [1.82, 2.24) is 0 Å². The van der Waals surface area contributed by atoms with E-state index >= 15 is 0 Å². The molecule has 0 radical (unpaired) electrons. The van der Waals surface area contributed by atoms with Crippen molar-refractivity contribution < 1.29 is 9.53 Å². The molecule has 0 N–H and O–H groups in total. The SMILES string of the molecule is C=C1C(=O)OC2CC(C)C3CCC(C)C3CC12. The number of ether oxygens (including phenoxy) is 1. The van der Waals surface area contributed by atoms with Crippen LogP contribution in [0.25, 0.3) is 0 Å². The fourth-order valence-corrected chi connectivity index (χ4v) is 4.43. The van der Waals surface area contributed by atoms with Crippen LogP contribution in [0.3, 0.4) is 0 Å². The molecule has 0 bridgehead atoms. The first-order valence-electron chi connectivity index (χ1n) is 6.97. The maximum atomic E-state index is 11.6. The molecular weight excluding hydrogens is 212 g/mol. The minimum absolute atomic E-state index is 0.128. The zero-order valence-electron chi connectivity index (χ0n) is 10.8. The average molecular weight is 234 g/mol. The van der Waals surface area contributed by atoms with Crippen LogP contribution in [0, 0.1) is 29.6 Å². The summed E-state index contributed by atoms with van der Waals surface area (Å²) >= 11 is 0. The number of carbonyl (C=O) groups excluding carboxylic acids is 1. The van der Waals surface area contributed by atoms with Crippen molar-refractivity contribution in [2.24, 2.45) is 29.6 Å². The van der Waals surface area contributed by atoms with Crippen molar-refractivity contribution in [1.29, 1.82) is 0 Å². The molecule has 0 spiro atoms. The van der Waals surface area contributed by atoms with Crippen molar-refractivity contribution >= 4 is 5.97 Å². The fraction of sp³-hybridized carbons (Fsp3) is 0.800. The number of rotatable bonds is 0. The molecule has 2 heteroatoms. The highest BCUT2D eigenvalue weighted by molar-refractivity contribution is 5.90. The van der Waals surface area contributed by atoms with Gasteiger partial charge in [0.25, 0.3) is 0 Å². The number of carbonyl (C=O) groups is 1. The topological polar surface area (TPSA) is 26.3 Å². The number of hydrogen-bond donors (Lipinski definition) is 0. The molecule has 3 rings (SSSR count). The van der Waals surface area contributed by atoms with Gasteiger partial charge in [0.2, 0.25) is 0 Å². The van der Waals surface area contributed by atoms with Crippen LogP contribution < -0.4 is 0 Å². The summed E-state index contributed by atoms with van der Waals surface area (Å²) in [6.07, 6.45) is 5.03. The second-order valence-electron chi connectivity index (χ2n) is 6.41. The van der Waals surface area contributed by atoms with Crippen LogP contribution in [-0.4, -0.2) is 12.1 Å². The Morgan fingerprint density at radius 1 is 1.12 bits per heavy atom. The van der Waals surface area contributed by atoms with Gasteiger partial charge < -0.3 is 4.74 Å². The summed E-state index contributed by atoms with van der Waals surface area (Å²) in [6, 6.07) is 0. The van der Waals surface area contributed by atoms with Gasteiger partial charge in [-0.25, -0.2) is 4.79 Å². The van der Waals surface area contributed by atoms with Gasteiger partial charge in [0.1, 0.15) is 6.10 Å². The Bertz CT molecular complexity index is 360. The highest BCUT2D eigenvalue weighted by atomic mass is 16.6. The number of esters is 1. The number of hydrogen-bond acceptors (Lipinski definition) is 2. The lowest BCUT2D eigenvalue weighted by atomic mass is 9.79. The highest BCUT2D eigenvalue weighted by Gasteiger charge is 2.48. The molecule has 1 aliphatic heterocycles. The molecule has 2 aliphatic carbocycles. The second kappa shape index (κ2) is 3.86. The standard InChI is InChI=1S/C15H22O2/c1-8-4-5-11-9(2)6-14-13(7-12(8)11)10(3)15(16)17-14/h8-9,11-14H,3-7H2,1-2H3. The summed E-state index contributed by atoms with van der Waals surface area (Å²) in [6.45, 7) is 8.66. The summed E-state index contributed by atoms with van der Waals surface area (Å²) in [7, 11) is 0. The predicted octanol–water partition coefficient (Wildman–Crippen LogP) is 3.18. The van der Waals surface area contributed by atoms with Gasteiger partial charge in [-0.05, 0) is 42.9 Å². The fourth-order valence-electron chi connectivity index (χ4n) is 4.43. The highest BCUT2D eigenvalue weighted by Crippen LogP contribution is 2.51. The predicted molar refractivity (Wildman–Crippen MR) is 66.3 cm³/mol. The van der Waals surface area contributed by atoms with Gasteiger partial charge >= 0.3 is 5.97 Å². The first-order chi connectivity index (χ1) is 8.08. The van der Waals surface area contributed by atoms with Crippen LogP contribution in [0.1, 0.15) is 39.5 Å². The van der Waals surface area contributed by atoms with Crippen molar-refractivity contribution in [3.05, 3.63) is 12.2 Å². The molecule has 1 saturated heterocycles. The zero-order valence-corrected chi connectivity index (χ0v) is 10.8. The Balaban J connectivity index is 1.88. The van der Waals surface area contributed by atoms with Crippen molar-refractivity contribution in [2.45, 2.75) is 45.6 Å². The van der Waals surface area contributed by atoms with Gasteiger partial charge in [-0.15, -0.1) is 0 Å². The minimum atomic E-state index is -0.142. The lowest BCUT2D eigenvalue weighted by molar-refractivity contribution is -0.139. The Morgan fingerprint density at radius 2 is 1.88 bits per heavy atom. The van der Waals surface area contributed by atoms with Crippen LogP contribution in [0.2, 0.25) is 0 Å². The van der Waals surface area contributed by atoms with Crippen LogP contribution in [0.15, 0.2) is 12.2 Å². The first-order valence-corrected chi connectivity index (χ1v) is 6.97. The van der Waals surface area contributed by atoms with Crippen LogP contribution >= 0.6 is 0 Å². The Morgan fingerprint density at radius 3 is 2.65 bits per heavy atom. The maximum absolute atomic E-state index is 11.6. The normalized spacial score (nSPS) is 49.5. The average Bonchev–Trinajstić information content (AvgIpc) is 2.71. The van der Waals surface area contributed by atoms with Gasteiger partial charge in [-0.2, -0.15) is 0 Å². The summed E-state index contributed by atoms with van der Waals surface area (Å²) in [5.41, 5.74) is 0.738. The second-order valence-corrected chi connectivity index (χ2v) is 6.41. The van der Waals surface area contributed by atoms with E-state index < -0.39 is 0 Å². The van der Waals surface area contributed by atoms with E-state index in [4.69, 9.17) is 4.74 Å². The van der Waals surface area contributed by atoms with Gasteiger partial charge in [0.15, 0.2) is 0 Å². The molecule has 17 heavy (non-hydrogen) atoms. The van der Waals surface area contributed by atoms with Crippen LogP contribution in [0.5, 0.6) is 0 Å². The third-order valence-electron chi connectivity index (χ3n) is 5.51. The van der Waals surface area contributed by atoms with Crippen LogP contribution in [0.4, 0.5) is 0 Å². The Kier molecular flexibility index (Phi) is 2.57. The van der Waals surface area contributed by atoms with E-state index in [1.807, 2.05) is 0 Å². The van der Waals surface area contributed by atoms with Crippen molar-refractivity contribution in [3.63, 3.8) is 0 Å². The molecule has 6 unspecified atom stereocenters. The smallest absolute Gasteiger partial charge is 0.334 e. The van der Waals surface area contributed by atoms with Crippen molar-refractivity contribution in [2.75, 3.05) is 0 Å². The molecule has 2 nitrogen and oxygen atoms in total. The lowest BCUT2D eigenvalue weighted by Crippen LogP contribution is -2.19. The van der Waals surface area contributed by atoms with Gasteiger partial charge in [0.05, 0.1) is 0 Å². The molecule has 0 amide bonds. The molecule has 0 aromatic rings. The monoisotopic (exact) mass is 234 g/mol. The quantitative estimate of drug-likeness (QED) is 0.475. The van der Waals surface area contributed by atoms with E-state index in [2.05, 4.69) is 20.4 Å². The van der Waals surface area contributed by atoms with Crippen LogP contribution in [-0.2, 0) is 9.53 Å². The third kappa shape index (κ3) is 1.64. The lowest BCUT2D eigenvalue weighted by Gasteiger charge is -2.25. The van der Waals surface area contributed by atoms with E-state index in [-0.39, 0.29) is 12.1 Å². The zero-order chi connectivity index (χ0) is 12.2. The molecule has 0 aromatic heterocycles. The first kappa shape index (κ1) is 11.3. The van der Waals surface area contributed by atoms with E-state index in [1.54, 1.807) is 0 Å². The maximum Gasteiger partial charge on any atom is 0.334 e. The molecule has 2 saturated carbocycles. The Labute approximate surface area is 103 Å². The molecule has 6 atom stereocenters. The van der Waals surface area contributed by atoms with Gasteiger partial charge in [-0.3, -0.25) is 0 Å². The van der Waals surface area contributed by atoms with Crippen molar-refractivity contribution in [3.8, 4) is 0 Å². The summed E-state index contributed by atoms with van der Waals surface area (Å²) in [5.74, 6) is 3.30. The van der Waals surface area contributed by atoms with E-state index in [1.165, 1.54) is 12.8 Å². The van der Waals surface area contributed by atoms with Gasteiger partial charge in [0, 0.05) is 11.5 Å². The molecular formula is C15H22O2. The molecule has 1 heterocycles. The van der Waals surface area contributed by atoms with E-state index in [0.29, 0.717) is 11.8 Å². The van der Waals surface area contributed by atoms with E-state index in [9.17, 15) is 4.79 Å². The molecule has 3 aliphatic rings.